The maximum Gasteiger partial charge on any atom is 0.257 e. The van der Waals surface area contributed by atoms with Gasteiger partial charge in [-0.2, -0.15) is 0 Å². The number of hydrogen-bond donors (Lipinski definition) is 1. The quantitative estimate of drug-likeness (QED) is 0.873. The van der Waals surface area contributed by atoms with Crippen LogP contribution < -0.4 is 0 Å². The second kappa shape index (κ2) is 6.38. The highest BCUT2D eigenvalue weighted by Crippen LogP contribution is 2.18. The highest BCUT2D eigenvalue weighted by atomic mass is 16.3. The van der Waals surface area contributed by atoms with Gasteiger partial charge in [0, 0.05) is 19.3 Å². The number of aromatic nitrogens is 1. The maximum absolute atomic E-state index is 12.4. The van der Waals surface area contributed by atoms with E-state index in [0.717, 1.165) is 0 Å². The first-order valence-corrected chi connectivity index (χ1v) is 6.34. The van der Waals surface area contributed by atoms with Gasteiger partial charge in [0.2, 0.25) is 0 Å². The normalized spacial score (nSPS) is 11.0. The number of pyridine rings is 1. The lowest BCUT2D eigenvalue weighted by molar-refractivity contribution is 0.0712. The first kappa shape index (κ1) is 14.5. The van der Waals surface area contributed by atoms with Crippen molar-refractivity contribution >= 4 is 5.91 Å². The van der Waals surface area contributed by atoms with E-state index in [0.29, 0.717) is 30.5 Å². The molecule has 0 aliphatic carbocycles. The monoisotopic (exact) mass is 250 g/mol. The number of aromatic hydroxyl groups is 1. The molecule has 1 heterocycles. The first-order valence-electron chi connectivity index (χ1n) is 6.34. The zero-order valence-corrected chi connectivity index (χ0v) is 11.6. The molecule has 0 spiro atoms. The van der Waals surface area contributed by atoms with E-state index in [1.165, 1.54) is 12.4 Å². The molecule has 0 aliphatic rings. The number of rotatable bonds is 5. The van der Waals surface area contributed by atoms with Gasteiger partial charge in [0.15, 0.2) is 0 Å². The second-order valence-electron chi connectivity index (χ2n) is 5.39. The van der Waals surface area contributed by atoms with Gasteiger partial charge in [0.1, 0.15) is 5.75 Å². The SMILES string of the molecule is CC(C)CN(CC(C)C)C(=O)c1ccncc1O. The molecule has 1 rings (SSSR count). The fourth-order valence-electron chi connectivity index (χ4n) is 1.86. The van der Waals surface area contributed by atoms with E-state index in [-0.39, 0.29) is 11.7 Å². The Morgan fingerprint density at radius 2 is 1.83 bits per heavy atom. The largest absolute Gasteiger partial charge is 0.505 e. The summed E-state index contributed by atoms with van der Waals surface area (Å²) in [5.74, 6) is 0.616. The van der Waals surface area contributed by atoms with Crippen molar-refractivity contribution in [2.24, 2.45) is 11.8 Å². The van der Waals surface area contributed by atoms with Gasteiger partial charge in [0.05, 0.1) is 11.8 Å². The molecule has 0 fully saturated rings. The van der Waals surface area contributed by atoms with Gasteiger partial charge in [-0.15, -0.1) is 0 Å². The number of carbonyl (C=O) groups excluding carboxylic acids is 1. The Balaban J connectivity index is 2.91. The van der Waals surface area contributed by atoms with Gasteiger partial charge in [-0.25, -0.2) is 0 Å². The van der Waals surface area contributed by atoms with Crippen LogP contribution in [0.2, 0.25) is 0 Å². The van der Waals surface area contributed by atoms with E-state index in [4.69, 9.17) is 0 Å². The van der Waals surface area contributed by atoms with E-state index < -0.39 is 0 Å². The summed E-state index contributed by atoms with van der Waals surface area (Å²) < 4.78 is 0. The first-order chi connectivity index (χ1) is 8.41. The molecule has 1 aromatic heterocycles. The lowest BCUT2D eigenvalue weighted by Gasteiger charge is -2.26. The summed E-state index contributed by atoms with van der Waals surface area (Å²) in [4.78, 5) is 18.0. The Bertz CT molecular complexity index is 393. The van der Waals surface area contributed by atoms with E-state index in [9.17, 15) is 9.90 Å². The highest BCUT2D eigenvalue weighted by Gasteiger charge is 2.20. The summed E-state index contributed by atoms with van der Waals surface area (Å²) in [6.45, 7) is 9.69. The van der Waals surface area contributed by atoms with Crippen molar-refractivity contribution in [1.82, 2.24) is 9.88 Å². The Labute approximate surface area is 109 Å². The predicted molar refractivity (Wildman–Crippen MR) is 71.5 cm³/mol. The third kappa shape index (κ3) is 4.02. The zero-order chi connectivity index (χ0) is 13.7. The van der Waals surface area contributed by atoms with Crippen molar-refractivity contribution < 1.29 is 9.90 Å². The van der Waals surface area contributed by atoms with Gasteiger partial charge in [-0.05, 0) is 17.9 Å². The van der Waals surface area contributed by atoms with Crippen LogP contribution in [-0.2, 0) is 0 Å². The van der Waals surface area contributed by atoms with Crippen LogP contribution in [0.3, 0.4) is 0 Å². The second-order valence-corrected chi connectivity index (χ2v) is 5.39. The van der Waals surface area contributed by atoms with Gasteiger partial charge in [-0.3, -0.25) is 9.78 Å². The Morgan fingerprint density at radius 3 is 2.28 bits per heavy atom. The molecule has 0 aliphatic heterocycles. The Hall–Kier alpha value is -1.58. The van der Waals surface area contributed by atoms with Gasteiger partial charge < -0.3 is 10.0 Å². The molecule has 4 heteroatoms. The molecule has 4 nitrogen and oxygen atoms in total. The van der Waals surface area contributed by atoms with Crippen LogP contribution in [-0.4, -0.2) is 34.0 Å². The third-order valence-corrected chi connectivity index (χ3v) is 2.49. The fourth-order valence-corrected chi connectivity index (χ4v) is 1.86. The van der Waals surface area contributed by atoms with Crippen LogP contribution in [0.15, 0.2) is 18.5 Å². The Morgan fingerprint density at radius 1 is 1.28 bits per heavy atom. The molecule has 18 heavy (non-hydrogen) atoms. The lowest BCUT2D eigenvalue weighted by atomic mass is 10.1. The molecule has 0 bridgehead atoms. The maximum atomic E-state index is 12.4. The molecule has 0 atom stereocenters. The van der Waals surface area contributed by atoms with E-state index in [1.54, 1.807) is 11.0 Å². The van der Waals surface area contributed by atoms with Crippen LogP contribution in [0.25, 0.3) is 0 Å². The highest BCUT2D eigenvalue weighted by molar-refractivity contribution is 5.96. The number of nitrogens with zero attached hydrogens (tertiary/aromatic N) is 2. The zero-order valence-electron chi connectivity index (χ0n) is 11.6. The Kier molecular flexibility index (Phi) is 5.13. The van der Waals surface area contributed by atoms with E-state index in [2.05, 4.69) is 32.7 Å². The average Bonchev–Trinajstić information content (AvgIpc) is 2.26. The average molecular weight is 250 g/mol. The van der Waals surface area contributed by atoms with Crippen LogP contribution in [0, 0.1) is 11.8 Å². The van der Waals surface area contributed by atoms with E-state index >= 15 is 0 Å². The topological polar surface area (TPSA) is 53.4 Å². The van der Waals surface area contributed by atoms with Gasteiger partial charge in [-0.1, -0.05) is 27.7 Å². The van der Waals surface area contributed by atoms with Crippen molar-refractivity contribution in [1.29, 1.82) is 0 Å². The molecule has 0 radical (unpaired) electrons. The lowest BCUT2D eigenvalue weighted by Crippen LogP contribution is -2.37. The number of hydrogen-bond acceptors (Lipinski definition) is 3. The molecule has 1 amide bonds. The van der Waals surface area contributed by atoms with Gasteiger partial charge >= 0.3 is 0 Å². The van der Waals surface area contributed by atoms with Crippen LogP contribution in [0.5, 0.6) is 5.75 Å². The molecule has 1 aromatic rings. The summed E-state index contributed by atoms with van der Waals surface area (Å²) in [5.41, 5.74) is 0.325. The summed E-state index contributed by atoms with van der Waals surface area (Å²) in [5, 5.41) is 9.69. The van der Waals surface area contributed by atoms with E-state index in [1.807, 2.05) is 0 Å². The predicted octanol–water partition coefficient (Wildman–Crippen LogP) is 2.54. The number of carbonyl (C=O) groups is 1. The van der Waals surface area contributed by atoms with Crippen molar-refractivity contribution in [3.8, 4) is 5.75 Å². The summed E-state index contributed by atoms with van der Waals surface area (Å²) in [6.07, 6.45) is 2.83. The minimum absolute atomic E-state index is 0.0555. The summed E-state index contributed by atoms with van der Waals surface area (Å²) in [6, 6.07) is 1.56. The van der Waals surface area contributed by atoms with Gasteiger partial charge in [0.25, 0.3) is 5.91 Å². The fraction of sp³-hybridized carbons (Fsp3) is 0.571. The smallest absolute Gasteiger partial charge is 0.257 e. The standard InChI is InChI=1S/C14H22N2O2/c1-10(2)8-16(9-11(3)4)14(18)12-5-6-15-7-13(12)17/h5-7,10-11,17H,8-9H2,1-4H3. The number of amides is 1. The molecular weight excluding hydrogens is 228 g/mol. The third-order valence-electron chi connectivity index (χ3n) is 2.49. The molecule has 0 aromatic carbocycles. The summed E-state index contributed by atoms with van der Waals surface area (Å²) in [7, 11) is 0. The van der Waals surface area contributed by atoms with Crippen molar-refractivity contribution in [3.63, 3.8) is 0 Å². The minimum Gasteiger partial charge on any atom is -0.505 e. The van der Waals surface area contributed by atoms with Crippen molar-refractivity contribution in [2.75, 3.05) is 13.1 Å². The van der Waals surface area contributed by atoms with Crippen LogP contribution in [0.4, 0.5) is 0 Å². The van der Waals surface area contributed by atoms with Crippen LogP contribution in [0.1, 0.15) is 38.1 Å². The molecule has 0 saturated heterocycles. The van der Waals surface area contributed by atoms with Crippen LogP contribution >= 0.6 is 0 Å². The minimum atomic E-state index is -0.127. The molecule has 1 N–H and O–H groups in total. The van der Waals surface area contributed by atoms with Crippen molar-refractivity contribution in [2.45, 2.75) is 27.7 Å². The van der Waals surface area contributed by atoms with Crippen molar-refractivity contribution in [3.05, 3.63) is 24.0 Å². The molecular formula is C14H22N2O2. The molecule has 0 saturated carbocycles. The molecule has 0 unspecified atom stereocenters. The molecule has 100 valence electrons. The summed E-state index contributed by atoms with van der Waals surface area (Å²) >= 11 is 0.